The highest BCUT2D eigenvalue weighted by molar-refractivity contribution is 7.11. The summed E-state index contributed by atoms with van der Waals surface area (Å²) in [5.41, 5.74) is 8.74. The minimum atomic E-state index is -0.300. The molecule has 0 aliphatic heterocycles. The summed E-state index contributed by atoms with van der Waals surface area (Å²) in [6, 6.07) is 6.50. The number of aromatic nitrogens is 2. The maximum atomic E-state index is 13.7. The number of nitrogens with zero attached hydrogens (tertiary/aromatic N) is 4. The Bertz CT molecular complexity index is 825. The molecule has 2 N–H and O–H groups in total. The van der Waals surface area contributed by atoms with Crippen molar-refractivity contribution in [2.75, 3.05) is 0 Å². The molecule has 3 rings (SSSR count). The maximum absolute atomic E-state index is 13.7. The van der Waals surface area contributed by atoms with Gasteiger partial charge in [-0.05, 0) is 6.07 Å². The molecule has 0 aliphatic rings. The van der Waals surface area contributed by atoms with Gasteiger partial charge >= 0.3 is 0 Å². The lowest BCUT2D eigenvalue weighted by Gasteiger charge is -2.02. The van der Waals surface area contributed by atoms with Gasteiger partial charge in [0.25, 0.3) is 0 Å². The second-order valence-electron chi connectivity index (χ2n) is 4.44. The van der Waals surface area contributed by atoms with Gasteiger partial charge in [0.15, 0.2) is 16.7 Å². The van der Waals surface area contributed by atoms with Gasteiger partial charge in [0.1, 0.15) is 11.5 Å². The normalized spacial score (nSPS) is 12.6. The molecular weight excluding hydrogens is 333 g/mol. The fourth-order valence-electron chi connectivity index (χ4n) is 1.80. The molecule has 8 heteroatoms. The van der Waals surface area contributed by atoms with Gasteiger partial charge in [0.05, 0.1) is 12.1 Å². The number of hydrogen-bond donors (Lipinski definition) is 1. The molecule has 0 spiro atoms. The second-order valence-corrected chi connectivity index (χ2v) is 6.05. The van der Waals surface area contributed by atoms with Crippen molar-refractivity contribution >= 4 is 34.3 Å². The molecule has 2 aromatic heterocycles. The van der Waals surface area contributed by atoms with Gasteiger partial charge in [0.2, 0.25) is 0 Å². The summed E-state index contributed by atoms with van der Waals surface area (Å²) in [5, 5.41) is 4.24. The molecule has 0 aliphatic carbocycles. The van der Waals surface area contributed by atoms with Crippen LogP contribution in [0.2, 0.25) is 0 Å². The van der Waals surface area contributed by atoms with Crippen LogP contribution in [0.3, 0.4) is 0 Å². The average molecular weight is 345 g/mol. The van der Waals surface area contributed by atoms with E-state index in [1.165, 1.54) is 28.7 Å². The van der Waals surface area contributed by atoms with E-state index in [-0.39, 0.29) is 18.2 Å². The first-order chi connectivity index (χ1) is 11.2. The van der Waals surface area contributed by atoms with Crippen LogP contribution in [0.5, 0.6) is 0 Å². The zero-order valence-corrected chi connectivity index (χ0v) is 13.5. The van der Waals surface area contributed by atoms with Gasteiger partial charge in [0, 0.05) is 22.5 Å². The lowest BCUT2D eigenvalue weighted by Crippen LogP contribution is -2.16. The van der Waals surface area contributed by atoms with Gasteiger partial charge in [-0.25, -0.2) is 19.4 Å². The van der Waals surface area contributed by atoms with Crippen molar-refractivity contribution < 1.29 is 4.39 Å². The van der Waals surface area contributed by atoms with Crippen molar-refractivity contribution in [1.82, 2.24) is 9.97 Å². The van der Waals surface area contributed by atoms with Crippen LogP contribution in [0.4, 0.5) is 4.39 Å². The van der Waals surface area contributed by atoms with Crippen molar-refractivity contribution in [3.63, 3.8) is 0 Å². The van der Waals surface area contributed by atoms with Gasteiger partial charge in [-0.3, -0.25) is 4.99 Å². The summed E-state index contributed by atoms with van der Waals surface area (Å²) >= 11 is 2.82. The minimum Gasteiger partial charge on any atom is -0.381 e. The predicted octanol–water partition coefficient (Wildman–Crippen LogP) is 3.09. The quantitative estimate of drug-likeness (QED) is 0.583. The molecule has 0 saturated heterocycles. The second kappa shape index (κ2) is 7.21. The molecule has 0 atom stereocenters. The number of nitrogens with two attached hydrogens (primary N) is 1. The lowest BCUT2D eigenvalue weighted by atomic mass is 10.2. The molecule has 1 aromatic carbocycles. The molecule has 0 bridgehead atoms. The SMILES string of the molecule is NC(=NC(=NCc1ccccc1F)c1cscn1)c1nccs1. The van der Waals surface area contributed by atoms with E-state index in [1.807, 2.05) is 10.8 Å². The van der Waals surface area contributed by atoms with Gasteiger partial charge in [-0.2, -0.15) is 0 Å². The van der Waals surface area contributed by atoms with E-state index in [0.717, 1.165) is 0 Å². The van der Waals surface area contributed by atoms with Gasteiger partial charge in [-0.1, -0.05) is 18.2 Å². The third kappa shape index (κ3) is 3.85. The zero-order valence-electron chi connectivity index (χ0n) is 11.9. The Balaban J connectivity index is 1.92. The number of benzene rings is 1. The van der Waals surface area contributed by atoms with E-state index in [1.54, 1.807) is 29.9 Å². The molecule has 2 heterocycles. The molecule has 3 aromatic rings. The molecule has 23 heavy (non-hydrogen) atoms. The number of rotatable bonds is 4. The Hall–Kier alpha value is -2.45. The van der Waals surface area contributed by atoms with Crippen LogP contribution >= 0.6 is 22.7 Å². The average Bonchev–Trinajstić information content (AvgIpc) is 3.25. The number of halogens is 1. The van der Waals surface area contributed by atoms with E-state index >= 15 is 0 Å². The van der Waals surface area contributed by atoms with Gasteiger partial charge < -0.3 is 5.73 Å². The first-order valence-electron chi connectivity index (χ1n) is 6.64. The third-order valence-corrected chi connectivity index (χ3v) is 4.28. The van der Waals surface area contributed by atoms with Crippen molar-refractivity contribution in [2.24, 2.45) is 15.7 Å². The van der Waals surface area contributed by atoms with Crippen LogP contribution in [-0.4, -0.2) is 21.6 Å². The van der Waals surface area contributed by atoms with E-state index in [0.29, 0.717) is 22.1 Å². The molecule has 5 nitrogen and oxygen atoms in total. The standard InChI is InChI=1S/C15H12FN5S2/c16-11-4-2-1-3-10(11)7-19-14(12-8-22-9-20-12)21-13(17)15-18-5-6-23-15/h1-6,8-9H,7H2,(H2,17,19,21). The van der Waals surface area contributed by atoms with E-state index in [2.05, 4.69) is 20.0 Å². The lowest BCUT2D eigenvalue weighted by molar-refractivity contribution is 0.611. The van der Waals surface area contributed by atoms with Crippen LogP contribution in [0.25, 0.3) is 0 Å². The first-order valence-corrected chi connectivity index (χ1v) is 8.46. The monoisotopic (exact) mass is 345 g/mol. The van der Waals surface area contributed by atoms with Crippen molar-refractivity contribution in [2.45, 2.75) is 6.54 Å². The van der Waals surface area contributed by atoms with E-state index in [9.17, 15) is 4.39 Å². The Kier molecular flexibility index (Phi) is 4.84. The van der Waals surface area contributed by atoms with Crippen LogP contribution in [0.1, 0.15) is 16.3 Å². The predicted molar refractivity (Wildman–Crippen MR) is 91.6 cm³/mol. The summed E-state index contributed by atoms with van der Waals surface area (Å²) in [4.78, 5) is 17.0. The summed E-state index contributed by atoms with van der Waals surface area (Å²) < 4.78 is 13.7. The molecular formula is C15H12FN5S2. The summed E-state index contributed by atoms with van der Waals surface area (Å²) in [5.74, 6) is 0.327. The molecule has 116 valence electrons. The van der Waals surface area contributed by atoms with Crippen LogP contribution in [0.15, 0.2) is 56.7 Å². The molecule has 0 saturated carbocycles. The Labute approximate surface area is 140 Å². The van der Waals surface area contributed by atoms with Gasteiger partial charge in [-0.15, -0.1) is 22.7 Å². The zero-order chi connectivity index (χ0) is 16.1. The molecule has 0 radical (unpaired) electrons. The van der Waals surface area contributed by atoms with Crippen LogP contribution in [-0.2, 0) is 6.54 Å². The molecule has 0 fully saturated rings. The highest BCUT2D eigenvalue weighted by atomic mass is 32.1. The summed E-state index contributed by atoms with van der Waals surface area (Å²) in [6.45, 7) is 0.161. The topological polar surface area (TPSA) is 76.5 Å². The highest BCUT2D eigenvalue weighted by Gasteiger charge is 2.09. The fraction of sp³-hybridized carbons (Fsp3) is 0.0667. The summed E-state index contributed by atoms with van der Waals surface area (Å²) in [6.07, 6.45) is 1.65. The Morgan fingerprint density at radius 3 is 2.83 bits per heavy atom. The smallest absolute Gasteiger partial charge is 0.176 e. The number of amidine groups is 2. The van der Waals surface area contributed by atoms with Crippen molar-refractivity contribution in [3.05, 3.63) is 68.8 Å². The number of thiazole rings is 2. The fourth-order valence-corrected chi connectivity index (χ4v) is 2.86. The van der Waals surface area contributed by atoms with Crippen molar-refractivity contribution in [3.8, 4) is 0 Å². The third-order valence-electron chi connectivity index (χ3n) is 2.90. The number of hydrogen-bond acceptors (Lipinski definition) is 5. The Morgan fingerprint density at radius 2 is 2.13 bits per heavy atom. The minimum absolute atomic E-state index is 0.161. The molecule has 0 unspecified atom stereocenters. The number of aliphatic imine (C=N–C) groups is 2. The Morgan fingerprint density at radius 1 is 1.26 bits per heavy atom. The highest BCUT2D eigenvalue weighted by Crippen LogP contribution is 2.11. The van der Waals surface area contributed by atoms with E-state index < -0.39 is 0 Å². The first kappa shape index (κ1) is 15.4. The summed E-state index contributed by atoms with van der Waals surface area (Å²) in [7, 11) is 0. The van der Waals surface area contributed by atoms with Crippen molar-refractivity contribution in [1.29, 1.82) is 0 Å². The maximum Gasteiger partial charge on any atom is 0.176 e. The van der Waals surface area contributed by atoms with E-state index in [4.69, 9.17) is 5.73 Å². The molecule has 0 amide bonds. The van der Waals surface area contributed by atoms with Crippen LogP contribution < -0.4 is 5.73 Å². The largest absolute Gasteiger partial charge is 0.381 e. The van der Waals surface area contributed by atoms with Crippen LogP contribution in [0, 0.1) is 5.82 Å².